The molecule has 0 aliphatic carbocycles. The molecular formula is C26H30F2N6O3. The number of allylic oxidation sites excluding steroid dienone is 2. The van der Waals surface area contributed by atoms with Crippen LogP contribution in [-0.4, -0.2) is 51.9 Å². The Hall–Kier alpha value is -3.94. The molecule has 37 heavy (non-hydrogen) atoms. The maximum atomic E-state index is 13.8. The molecule has 196 valence electrons. The predicted octanol–water partition coefficient (Wildman–Crippen LogP) is 4.03. The third kappa shape index (κ3) is 4.10. The van der Waals surface area contributed by atoms with E-state index >= 15 is 0 Å². The summed E-state index contributed by atoms with van der Waals surface area (Å²) >= 11 is 0. The Kier molecular flexibility index (Phi) is 6.26. The lowest BCUT2D eigenvalue weighted by Gasteiger charge is -2.45. The molecule has 1 atom stereocenters. The molecule has 2 aliphatic rings. The van der Waals surface area contributed by atoms with Gasteiger partial charge in [-0.3, -0.25) is 14.4 Å². The van der Waals surface area contributed by atoms with Crippen molar-refractivity contribution in [2.24, 2.45) is 0 Å². The first-order chi connectivity index (χ1) is 17.3. The van der Waals surface area contributed by atoms with Crippen LogP contribution in [0.1, 0.15) is 47.1 Å². The summed E-state index contributed by atoms with van der Waals surface area (Å²) in [5, 5.41) is 17.4. The molecule has 0 radical (unpaired) electrons. The summed E-state index contributed by atoms with van der Waals surface area (Å²) in [5.74, 6) is 0.0206. The molecule has 2 aliphatic heterocycles. The summed E-state index contributed by atoms with van der Waals surface area (Å²) in [6.45, 7) is 10.4. The molecular weight excluding hydrogens is 482 g/mol. The van der Waals surface area contributed by atoms with E-state index in [9.17, 15) is 18.8 Å². The fourth-order valence-electron chi connectivity index (χ4n) is 4.85. The molecule has 4 rings (SSSR count). The molecule has 2 aromatic rings. The number of amides is 1. The van der Waals surface area contributed by atoms with Crippen LogP contribution in [0.15, 0.2) is 41.9 Å². The first kappa shape index (κ1) is 26.1. The number of alkyl halides is 2. The van der Waals surface area contributed by atoms with E-state index in [0.29, 0.717) is 22.5 Å². The highest BCUT2D eigenvalue weighted by Crippen LogP contribution is 2.49. The van der Waals surface area contributed by atoms with E-state index in [0.717, 1.165) is 5.57 Å². The van der Waals surface area contributed by atoms with Crippen LogP contribution in [0.3, 0.4) is 0 Å². The van der Waals surface area contributed by atoms with E-state index in [4.69, 9.17) is 9.47 Å². The van der Waals surface area contributed by atoms with Gasteiger partial charge in [0.05, 0.1) is 42.3 Å². The fraction of sp³-hybridized carbons (Fsp3) is 0.462. The second-order valence-corrected chi connectivity index (χ2v) is 10.3. The van der Waals surface area contributed by atoms with Gasteiger partial charge in [-0.2, -0.15) is 10.4 Å². The van der Waals surface area contributed by atoms with Crippen LogP contribution in [0.25, 0.3) is 5.70 Å². The lowest BCUT2D eigenvalue weighted by atomic mass is 9.75. The van der Waals surface area contributed by atoms with Crippen molar-refractivity contribution in [2.75, 3.05) is 18.6 Å². The Balaban J connectivity index is 1.74. The number of pyridine rings is 1. The van der Waals surface area contributed by atoms with Gasteiger partial charge in [0.25, 0.3) is 18.2 Å². The molecule has 11 heteroatoms. The number of rotatable bonds is 7. The zero-order chi connectivity index (χ0) is 27.3. The van der Waals surface area contributed by atoms with Gasteiger partial charge in [0.2, 0.25) is 0 Å². The summed E-state index contributed by atoms with van der Waals surface area (Å²) < 4.78 is 37.5. The van der Waals surface area contributed by atoms with Gasteiger partial charge in [-0.25, -0.2) is 13.8 Å². The molecule has 2 aromatic heterocycles. The number of nitrogens with zero attached hydrogens (tertiary/aromatic N) is 5. The highest BCUT2D eigenvalue weighted by Gasteiger charge is 2.61. The van der Waals surface area contributed by atoms with E-state index < -0.39 is 29.6 Å². The molecule has 1 fully saturated rings. The van der Waals surface area contributed by atoms with E-state index in [1.54, 1.807) is 43.4 Å². The van der Waals surface area contributed by atoms with Gasteiger partial charge >= 0.3 is 0 Å². The Morgan fingerprint density at radius 1 is 1.27 bits per heavy atom. The van der Waals surface area contributed by atoms with Crippen molar-refractivity contribution >= 4 is 17.3 Å². The van der Waals surface area contributed by atoms with Gasteiger partial charge in [0.1, 0.15) is 12.1 Å². The largest absolute Gasteiger partial charge is 0.482 e. The molecule has 1 N–H and O–H groups in total. The Morgan fingerprint density at radius 3 is 2.59 bits per heavy atom. The predicted molar refractivity (Wildman–Crippen MR) is 133 cm³/mol. The average Bonchev–Trinajstić information content (AvgIpc) is 3.37. The summed E-state index contributed by atoms with van der Waals surface area (Å²) in [6, 6.07) is 3.80. The lowest BCUT2D eigenvalue weighted by Crippen LogP contribution is -2.60. The van der Waals surface area contributed by atoms with Gasteiger partial charge in [0, 0.05) is 23.0 Å². The average molecular weight is 513 g/mol. The van der Waals surface area contributed by atoms with E-state index in [2.05, 4.69) is 21.5 Å². The minimum absolute atomic E-state index is 0.0940. The van der Waals surface area contributed by atoms with Gasteiger partial charge in [0.15, 0.2) is 5.75 Å². The van der Waals surface area contributed by atoms with Crippen LogP contribution < -0.4 is 19.7 Å². The van der Waals surface area contributed by atoms with Crippen molar-refractivity contribution in [3.05, 3.63) is 47.4 Å². The van der Waals surface area contributed by atoms with Crippen molar-refractivity contribution in [3.8, 4) is 17.7 Å². The Labute approximate surface area is 214 Å². The number of ether oxygens (including phenoxy) is 2. The van der Waals surface area contributed by atoms with Gasteiger partial charge in [-0.05, 0) is 59.3 Å². The number of anilines is 1. The summed E-state index contributed by atoms with van der Waals surface area (Å²) in [7, 11) is 1.39. The minimum Gasteiger partial charge on any atom is -0.482 e. The quantitative estimate of drug-likeness (QED) is 0.597. The van der Waals surface area contributed by atoms with Crippen molar-refractivity contribution in [3.63, 3.8) is 0 Å². The van der Waals surface area contributed by atoms with Crippen LogP contribution in [-0.2, 0) is 10.3 Å². The van der Waals surface area contributed by atoms with Gasteiger partial charge in [-0.15, -0.1) is 0 Å². The smallest absolute Gasteiger partial charge is 0.272 e. The molecule has 0 bridgehead atoms. The Morgan fingerprint density at radius 2 is 1.97 bits per heavy atom. The van der Waals surface area contributed by atoms with Crippen LogP contribution in [0.5, 0.6) is 11.6 Å². The second-order valence-electron chi connectivity index (χ2n) is 10.3. The SMILES string of the molecule is COc1ncc(C2=CC(C)=C3C(=O)N(c4cnn(C(C)(C)C#N)c4)C(C)(C)C3(C)N2)cc1OCC(F)F. The van der Waals surface area contributed by atoms with E-state index in [-0.39, 0.29) is 17.5 Å². The fourth-order valence-corrected chi connectivity index (χ4v) is 4.85. The first-order valence-electron chi connectivity index (χ1n) is 11.7. The number of dihydropyridines is 1. The third-order valence-electron chi connectivity index (χ3n) is 7.20. The number of nitrogens with one attached hydrogen (secondary N) is 1. The topological polar surface area (TPSA) is 105 Å². The highest BCUT2D eigenvalue weighted by molar-refractivity contribution is 6.13. The maximum absolute atomic E-state index is 13.8. The van der Waals surface area contributed by atoms with Crippen LogP contribution in [0.4, 0.5) is 14.5 Å². The molecule has 0 spiro atoms. The third-order valence-corrected chi connectivity index (χ3v) is 7.20. The molecule has 0 aromatic carbocycles. The molecule has 1 unspecified atom stereocenters. The van der Waals surface area contributed by atoms with Crippen LogP contribution in [0.2, 0.25) is 0 Å². The number of carbonyl (C=O) groups is 1. The minimum atomic E-state index is -2.65. The van der Waals surface area contributed by atoms with E-state index in [1.807, 2.05) is 33.8 Å². The lowest BCUT2D eigenvalue weighted by molar-refractivity contribution is -0.114. The second kappa shape index (κ2) is 8.87. The molecule has 1 amide bonds. The van der Waals surface area contributed by atoms with Gasteiger partial charge < -0.3 is 14.8 Å². The zero-order valence-electron chi connectivity index (χ0n) is 21.9. The van der Waals surface area contributed by atoms with Crippen molar-refractivity contribution in [1.29, 1.82) is 5.26 Å². The number of halogens is 2. The zero-order valence-corrected chi connectivity index (χ0v) is 21.9. The van der Waals surface area contributed by atoms with Crippen LogP contribution in [0, 0.1) is 11.3 Å². The number of methoxy groups -OCH3 is 1. The molecule has 9 nitrogen and oxygen atoms in total. The first-order valence-corrected chi connectivity index (χ1v) is 11.7. The normalized spacial score (nSPS) is 20.9. The Bertz CT molecular complexity index is 1350. The van der Waals surface area contributed by atoms with Crippen LogP contribution >= 0.6 is 0 Å². The van der Waals surface area contributed by atoms with Gasteiger partial charge in [-0.1, -0.05) is 0 Å². The number of hydrogen-bond donors (Lipinski definition) is 1. The van der Waals surface area contributed by atoms with Crippen molar-refractivity contribution in [1.82, 2.24) is 20.1 Å². The number of aromatic nitrogens is 3. The number of fused-ring (bicyclic) bond motifs is 1. The molecule has 1 saturated heterocycles. The molecule has 4 heterocycles. The summed E-state index contributed by atoms with van der Waals surface area (Å²) in [6.07, 6.45) is 4.03. The van der Waals surface area contributed by atoms with E-state index in [1.165, 1.54) is 11.8 Å². The maximum Gasteiger partial charge on any atom is 0.272 e. The summed E-state index contributed by atoms with van der Waals surface area (Å²) in [4.78, 5) is 19.7. The number of nitriles is 1. The highest BCUT2D eigenvalue weighted by atomic mass is 19.3. The standard InChI is InChI=1S/C26H30F2N6O3/c1-15-8-18(16-9-19(37-13-20(27)28)22(36-7)30-10-16)32-26(6)21(15)23(35)34(25(26,4)5)17-11-31-33(12-17)24(2,3)14-29/h8-12,20,32H,13H2,1-7H3. The summed E-state index contributed by atoms with van der Waals surface area (Å²) in [5.41, 5.74) is 0.701. The number of carbonyl (C=O) groups excluding carboxylic acids is 1. The monoisotopic (exact) mass is 512 g/mol. The van der Waals surface area contributed by atoms with Crippen molar-refractivity contribution < 1.29 is 23.0 Å². The molecule has 0 saturated carbocycles. The van der Waals surface area contributed by atoms with Crippen molar-refractivity contribution in [2.45, 2.75) is 64.6 Å². The number of hydrogen-bond acceptors (Lipinski definition) is 7.